The van der Waals surface area contributed by atoms with Crippen LogP contribution in [0.4, 0.5) is 5.69 Å². The van der Waals surface area contributed by atoms with Gasteiger partial charge in [-0.15, -0.1) is 0 Å². The van der Waals surface area contributed by atoms with E-state index in [1.807, 2.05) is 36.4 Å². The van der Waals surface area contributed by atoms with Crippen LogP contribution in [0.1, 0.15) is 76.9 Å². The van der Waals surface area contributed by atoms with Crippen LogP contribution < -0.4 is 16.0 Å². The first-order valence-electron chi connectivity index (χ1n) is 17.9. The second-order valence-electron chi connectivity index (χ2n) is 15.2. The molecule has 0 saturated heterocycles. The Balaban J connectivity index is 1.64. The summed E-state index contributed by atoms with van der Waals surface area (Å²) in [5.74, 6) is -4.90. The fourth-order valence-electron chi connectivity index (χ4n) is 5.75. The van der Waals surface area contributed by atoms with Gasteiger partial charge in [0, 0.05) is 35.9 Å². The van der Waals surface area contributed by atoms with E-state index in [-0.39, 0.29) is 30.6 Å². The van der Waals surface area contributed by atoms with Gasteiger partial charge in [-0.25, -0.2) is 4.79 Å². The van der Waals surface area contributed by atoms with Crippen LogP contribution in [0.5, 0.6) is 0 Å². The second kappa shape index (κ2) is 17.9. The highest BCUT2D eigenvalue weighted by Gasteiger charge is 2.34. The molecule has 0 bridgehead atoms. The van der Waals surface area contributed by atoms with E-state index in [0.717, 1.165) is 17.9 Å². The third kappa shape index (κ3) is 12.4. The van der Waals surface area contributed by atoms with Gasteiger partial charge in [-0.05, 0) is 76.4 Å². The van der Waals surface area contributed by atoms with E-state index in [1.54, 1.807) is 47.6 Å². The standard InChI is InChI=1S/C40H47N5O11/c1-39(2,3)55-33(46)17-16-29(38(51)54-7)42-37(50)32(22-34(47)56-40(4,5)6)44-35(48)30(19-23-12-13-24-10-8-9-11-25(24)18-23)43-36(49)31-21-26-20-27(45(52)53)14-15-28(26)41-31/h8-15,18,20-21,29-30,32,41H,16-17,19,22H2,1-7H3,(H,42,50)(H,43,49)(H,44,48)/t29-,30-,32-/m0/s1. The van der Waals surface area contributed by atoms with Crippen molar-refractivity contribution in [2.75, 3.05) is 7.11 Å². The molecule has 3 amide bonds. The number of hydrogen-bond donors (Lipinski definition) is 4. The van der Waals surface area contributed by atoms with Crippen molar-refractivity contribution >= 4 is 63.0 Å². The first-order chi connectivity index (χ1) is 26.2. The number of fused-ring (bicyclic) bond motifs is 2. The minimum absolute atomic E-state index is 0.00534. The first-order valence-corrected chi connectivity index (χ1v) is 17.9. The fourth-order valence-corrected chi connectivity index (χ4v) is 5.75. The second-order valence-corrected chi connectivity index (χ2v) is 15.2. The van der Waals surface area contributed by atoms with E-state index in [9.17, 15) is 38.9 Å². The molecule has 0 aliphatic rings. The lowest BCUT2D eigenvalue weighted by atomic mass is 10.0. The minimum atomic E-state index is -1.62. The zero-order chi connectivity index (χ0) is 41.4. The van der Waals surface area contributed by atoms with Crippen molar-refractivity contribution < 1.29 is 47.9 Å². The molecule has 0 aliphatic carbocycles. The van der Waals surface area contributed by atoms with Crippen LogP contribution in [0, 0.1) is 10.1 Å². The number of H-pyrrole nitrogens is 1. The van der Waals surface area contributed by atoms with Crippen molar-refractivity contribution in [3.05, 3.63) is 88.1 Å². The van der Waals surface area contributed by atoms with Gasteiger partial charge in [-0.2, -0.15) is 0 Å². The minimum Gasteiger partial charge on any atom is -0.467 e. The summed E-state index contributed by atoms with van der Waals surface area (Å²) in [4.78, 5) is 93.6. The molecule has 0 spiro atoms. The number of nitrogens with one attached hydrogen (secondary N) is 4. The quantitative estimate of drug-likeness (QED) is 0.0567. The number of nitro benzene ring substituents is 1. The van der Waals surface area contributed by atoms with Crippen LogP contribution >= 0.6 is 0 Å². The number of nitrogens with zero attached hydrogens (tertiary/aromatic N) is 1. The van der Waals surface area contributed by atoms with Crippen LogP contribution in [0.2, 0.25) is 0 Å². The maximum Gasteiger partial charge on any atom is 0.328 e. The summed E-state index contributed by atoms with van der Waals surface area (Å²) in [6, 6.07) is 14.2. The number of aromatic amines is 1. The molecule has 16 nitrogen and oxygen atoms in total. The van der Waals surface area contributed by atoms with Crippen LogP contribution in [-0.2, 0) is 44.6 Å². The van der Waals surface area contributed by atoms with Gasteiger partial charge in [0.1, 0.15) is 35.0 Å². The number of hydrogen-bond acceptors (Lipinski definition) is 11. The molecule has 16 heteroatoms. The Morgan fingerprint density at radius 2 is 1.36 bits per heavy atom. The maximum atomic E-state index is 14.2. The highest BCUT2D eigenvalue weighted by molar-refractivity contribution is 6.01. The smallest absolute Gasteiger partial charge is 0.328 e. The molecular weight excluding hydrogens is 726 g/mol. The van der Waals surface area contributed by atoms with E-state index in [2.05, 4.69) is 20.9 Å². The number of amides is 3. The van der Waals surface area contributed by atoms with Gasteiger partial charge in [0.05, 0.1) is 18.5 Å². The zero-order valence-corrected chi connectivity index (χ0v) is 32.3. The number of non-ortho nitro benzene ring substituents is 1. The molecule has 0 fully saturated rings. The summed E-state index contributed by atoms with van der Waals surface area (Å²) >= 11 is 0. The molecule has 298 valence electrons. The summed E-state index contributed by atoms with van der Waals surface area (Å²) < 4.78 is 15.6. The van der Waals surface area contributed by atoms with Crippen molar-refractivity contribution in [3.8, 4) is 0 Å². The van der Waals surface area contributed by atoms with E-state index < -0.39 is 76.3 Å². The van der Waals surface area contributed by atoms with E-state index in [4.69, 9.17) is 14.2 Å². The Kier molecular flexibility index (Phi) is 13.5. The van der Waals surface area contributed by atoms with Crippen LogP contribution in [-0.4, -0.2) is 82.0 Å². The lowest BCUT2D eigenvalue weighted by Gasteiger charge is -2.26. The number of aromatic nitrogens is 1. The predicted octanol–water partition coefficient (Wildman–Crippen LogP) is 4.57. The number of nitro groups is 1. The molecule has 3 aromatic carbocycles. The lowest BCUT2D eigenvalue weighted by molar-refractivity contribution is -0.384. The highest BCUT2D eigenvalue weighted by atomic mass is 16.6. The van der Waals surface area contributed by atoms with E-state index in [0.29, 0.717) is 16.5 Å². The number of ether oxygens (including phenoxy) is 3. The zero-order valence-electron chi connectivity index (χ0n) is 32.3. The van der Waals surface area contributed by atoms with Gasteiger partial charge >= 0.3 is 17.9 Å². The van der Waals surface area contributed by atoms with Crippen molar-refractivity contribution in [2.45, 2.75) is 96.6 Å². The maximum absolute atomic E-state index is 14.2. The number of carbonyl (C=O) groups is 6. The SMILES string of the molecule is COC(=O)[C@H](CCC(=O)OC(C)(C)C)NC(=O)[C@H](CC(=O)OC(C)(C)C)NC(=O)[C@H](Cc1ccc2ccccc2c1)NC(=O)c1cc2cc([N+](=O)[O-])ccc2[nH]1. The number of benzene rings is 3. The van der Waals surface area contributed by atoms with Crippen LogP contribution in [0.15, 0.2) is 66.7 Å². The molecule has 0 aliphatic heterocycles. The average molecular weight is 774 g/mol. The molecular formula is C40H47N5O11. The molecule has 4 aromatic rings. The molecule has 0 radical (unpaired) electrons. The normalized spacial score (nSPS) is 13.2. The Bertz CT molecular complexity index is 2130. The largest absolute Gasteiger partial charge is 0.467 e. The van der Waals surface area contributed by atoms with E-state index >= 15 is 0 Å². The number of rotatable bonds is 15. The van der Waals surface area contributed by atoms with Gasteiger partial charge in [0.15, 0.2) is 0 Å². The summed E-state index contributed by atoms with van der Waals surface area (Å²) in [5.41, 5.74) is -0.819. The molecule has 0 saturated carbocycles. The molecule has 3 atom stereocenters. The third-order valence-corrected chi connectivity index (χ3v) is 8.22. The van der Waals surface area contributed by atoms with Gasteiger partial charge in [0.25, 0.3) is 11.6 Å². The van der Waals surface area contributed by atoms with Crippen molar-refractivity contribution in [1.29, 1.82) is 0 Å². The topological polar surface area (TPSA) is 225 Å². The fraction of sp³-hybridized carbons (Fsp3) is 0.400. The summed E-state index contributed by atoms with van der Waals surface area (Å²) in [5, 5.41) is 21.2. The number of carbonyl (C=O) groups excluding carboxylic acids is 6. The molecule has 4 N–H and O–H groups in total. The van der Waals surface area contributed by atoms with Crippen LogP contribution in [0.25, 0.3) is 21.7 Å². The summed E-state index contributed by atoms with van der Waals surface area (Å²) in [6.07, 6.45) is -1.20. The van der Waals surface area contributed by atoms with Crippen molar-refractivity contribution in [3.63, 3.8) is 0 Å². The van der Waals surface area contributed by atoms with Crippen molar-refractivity contribution in [1.82, 2.24) is 20.9 Å². The lowest BCUT2D eigenvalue weighted by Crippen LogP contribution is -2.57. The Morgan fingerprint density at radius 1 is 0.732 bits per heavy atom. The first kappa shape index (κ1) is 42.4. The van der Waals surface area contributed by atoms with Gasteiger partial charge in [-0.1, -0.05) is 42.5 Å². The Morgan fingerprint density at radius 3 is 2.00 bits per heavy atom. The van der Waals surface area contributed by atoms with Gasteiger partial charge < -0.3 is 35.1 Å². The molecule has 56 heavy (non-hydrogen) atoms. The van der Waals surface area contributed by atoms with Gasteiger partial charge in [0.2, 0.25) is 11.8 Å². The van der Waals surface area contributed by atoms with Crippen molar-refractivity contribution in [2.24, 2.45) is 0 Å². The average Bonchev–Trinajstić information content (AvgIpc) is 3.54. The molecule has 1 aromatic heterocycles. The molecule has 4 rings (SSSR count). The van der Waals surface area contributed by atoms with Crippen LogP contribution in [0.3, 0.4) is 0 Å². The summed E-state index contributed by atoms with van der Waals surface area (Å²) in [6.45, 7) is 9.91. The highest BCUT2D eigenvalue weighted by Crippen LogP contribution is 2.22. The molecule has 0 unspecified atom stereocenters. The number of esters is 3. The number of methoxy groups -OCH3 is 1. The Hall–Kier alpha value is -6.32. The predicted molar refractivity (Wildman–Crippen MR) is 205 cm³/mol. The summed E-state index contributed by atoms with van der Waals surface area (Å²) in [7, 11) is 1.10. The monoisotopic (exact) mass is 773 g/mol. The molecule has 1 heterocycles. The third-order valence-electron chi connectivity index (χ3n) is 8.22. The van der Waals surface area contributed by atoms with E-state index in [1.165, 1.54) is 24.3 Å². The Labute approximate surface area is 323 Å². The van der Waals surface area contributed by atoms with Gasteiger partial charge in [-0.3, -0.25) is 34.1 Å².